The fraction of sp³-hybridized carbons (Fsp3) is 0.0435. The summed E-state index contributed by atoms with van der Waals surface area (Å²) in [5, 5.41) is 11.8. The summed E-state index contributed by atoms with van der Waals surface area (Å²) in [6.07, 6.45) is 1.32. The molecule has 152 valence electrons. The number of hydrogen-bond acceptors (Lipinski definition) is 4. The number of hydrogen-bond donors (Lipinski definition) is 2. The number of aliphatic carboxylic acids is 1. The fourth-order valence-electron chi connectivity index (χ4n) is 2.60. The third-order valence-corrected chi connectivity index (χ3v) is 4.08. The molecule has 6 nitrogen and oxygen atoms in total. The van der Waals surface area contributed by atoms with E-state index in [2.05, 4.69) is 5.32 Å². The van der Waals surface area contributed by atoms with E-state index in [4.69, 9.17) is 9.47 Å². The molecule has 30 heavy (non-hydrogen) atoms. The SMILES string of the molecule is COc1cccc(F)c1Oc1ccc(/C=C(\NC(=O)c2ccccc2)C(=O)O)cc1. The van der Waals surface area contributed by atoms with Crippen molar-refractivity contribution in [3.8, 4) is 17.2 Å². The Bertz CT molecular complexity index is 1080. The molecular formula is C23H18FNO5. The molecule has 0 spiro atoms. The van der Waals surface area contributed by atoms with Crippen molar-refractivity contribution in [3.63, 3.8) is 0 Å². The Balaban J connectivity index is 1.78. The number of benzene rings is 3. The minimum Gasteiger partial charge on any atom is -0.493 e. The molecule has 0 radical (unpaired) electrons. The molecule has 0 bridgehead atoms. The van der Waals surface area contributed by atoms with Gasteiger partial charge in [0.15, 0.2) is 11.6 Å². The van der Waals surface area contributed by atoms with Crippen LogP contribution in [0.15, 0.2) is 78.5 Å². The molecule has 3 rings (SSSR count). The molecule has 7 heteroatoms. The molecule has 0 heterocycles. The van der Waals surface area contributed by atoms with E-state index in [9.17, 15) is 19.1 Å². The Morgan fingerprint density at radius 3 is 2.30 bits per heavy atom. The van der Waals surface area contributed by atoms with E-state index in [0.29, 0.717) is 16.9 Å². The number of halogens is 1. The number of rotatable bonds is 7. The van der Waals surface area contributed by atoms with Crippen LogP contribution < -0.4 is 14.8 Å². The number of methoxy groups -OCH3 is 1. The average Bonchev–Trinajstić information content (AvgIpc) is 2.76. The lowest BCUT2D eigenvalue weighted by Crippen LogP contribution is -2.27. The first-order valence-corrected chi connectivity index (χ1v) is 8.89. The molecule has 0 aliphatic carbocycles. The monoisotopic (exact) mass is 407 g/mol. The maximum atomic E-state index is 14.0. The minimum absolute atomic E-state index is 0.0513. The van der Waals surface area contributed by atoms with Crippen molar-refractivity contribution in [2.75, 3.05) is 7.11 Å². The topological polar surface area (TPSA) is 84.9 Å². The van der Waals surface area contributed by atoms with Crippen molar-refractivity contribution in [3.05, 3.63) is 95.4 Å². The highest BCUT2D eigenvalue weighted by Crippen LogP contribution is 2.34. The summed E-state index contributed by atoms with van der Waals surface area (Å²) in [5.41, 5.74) is 0.564. The molecule has 0 aliphatic heterocycles. The number of carbonyl (C=O) groups is 2. The first kappa shape index (κ1) is 20.6. The average molecular weight is 407 g/mol. The van der Waals surface area contributed by atoms with E-state index in [1.54, 1.807) is 60.7 Å². The van der Waals surface area contributed by atoms with Crippen LogP contribution in [-0.2, 0) is 4.79 Å². The molecule has 3 aromatic rings. The largest absolute Gasteiger partial charge is 0.493 e. The predicted octanol–water partition coefficient (Wildman–Crippen LogP) is 4.48. The van der Waals surface area contributed by atoms with Crippen LogP contribution in [0.4, 0.5) is 4.39 Å². The number of carboxylic acids is 1. The van der Waals surface area contributed by atoms with E-state index in [1.165, 1.54) is 25.3 Å². The molecule has 0 saturated heterocycles. The van der Waals surface area contributed by atoms with Crippen LogP contribution in [-0.4, -0.2) is 24.1 Å². The number of amides is 1. The summed E-state index contributed by atoms with van der Waals surface area (Å²) in [5.74, 6) is -1.86. The highest BCUT2D eigenvalue weighted by atomic mass is 19.1. The lowest BCUT2D eigenvalue weighted by molar-refractivity contribution is -0.132. The number of carboxylic acid groups (broad SMARTS) is 1. The normalized spacial score (nSPS) is 10.9. The third kappa shape index (κ3) is 5.02. The van der Waals surface area contributed by atoms with Gasteiger partial charge in [-0.1, -0.05) is 36.4 Å². The van der Waals surface area contributed by atoms with E-state index in [0.717, 1.165) is 0 Å². The van der Waals surface area contributed by atoms with Crippen LogP contribution in [0.2, 0.25) is 0 Å². The predicted molar refractivity (Wildman–Crippen MR) is 109 cm³/mol. The smallest absolute Gasteiger partial charge is 0.352 e. The summed E-state index contributed by atoms with van der Waals surface area (Å²) in [6.45, 7) is 0. The second-order valence-electron chi connectivity index (χ2n) is 6.13. The molecular weight excluding hydrogens is 389 g/mol. The van der Waals surface area contributed by atoms with Gasteiger partial charge in [0.05, 0.1) is 7.11 Å². The first-order valence-electron chi connectivity index (χ1n) is 8.89. The van der Waals surface area contributed by atoms with Crippen LogP contribution in [0.25, 0.3) is 6.08 Å². The van der Waals surface area contributed by atoms with Crippen LogP contribution in [0.3, 0.4) is 0 Å². The molecule has 0 saturated carbocycles. The van der Waals surface area contributed by atoms with Gasteiger partial charge in [-0.3, -0.25) is 4.79 Å². The van der Waals surface area contributed by atoms with Gasteiger partial charge in [-0.2, -0.15) is 0 Å². The number of ether oxygens (including phenoxy) is 2. The molecule has 0 aromatic heterocycles. The van der Waals surface area contributed by atoms with Crippen LogP contribution in [0, 0.1) is 5.82 Å². The van der Waals surface area contributed by atoms with Gasteiger partial charge >= 0.3 is 5.97 Å². The Morgan fingerprint density at radius 2 is 1.67 bits per heavy atom. The van der Waals surface area contributed by atoms with Gasteiger partial charge in [0.25, 0.3) is 5.91 Å². The zero-order valence-electron chi connectivity index (χ0n) is 16.0. The molecule has 0 fully saturated rings. The lowest BCUT2D eigenvalue weighted by Gasteiger charge is -2.11. The Morgan fingerprint density at radius 1 is 0.967 bits per heavy atom. The van der Waals surface area contributed by atoms with Crippen LogP contribution in [0.5, 0.6) is 17.2 Å². The molecule has 1 amide bonds. The fourth-order valence-corrected chi connectivity index (χ4v) is 2.60. The molecule has 2 N–H and O–H groups in total. The van der Waals surface area contributed by atoms with Crippen molar-refractivity contribution >= 4 is 18.0 Å². The Kier molecular flexibility index (Phi) is 6.44. The van der Waals surface area contributed by atoms with Crippen LogP contribution >= 0.6 is 0 Å². The summed E-state index contributed by atoms with van der Waals surface area (Å²) < 4.78 is 24.7. The van der Waals surface area contributed by atoms with Gasteiger partial charge < -0.3 is 19.9 Å². The van der Waals surface area contributed by atoms with Gasteiger partial charge in [0, 0.05) is 5.56 Å². The highest BCUT2D eigenvalue weighted by molar-refractivity contribution is 6.02. The summed E-state index contributed by atoms with van der Waals surface area (Å²) in [7, 11) is 1.41. The molecule has 3 aromatic carbocycles. The van der Waals surface area contributed by atoms with Crippen molar-refractivity contribution in [2.24, 2.45) is 0 Å². The number of carbonyl (C=O) groups excluding carboxylic acids is 1. The Labute approximate surface area is 172 Å². The van der Waals surface area contributed by atoms with Gasteiger partial charge in [0.2, 0.25) is 5.75 Å². The van der Waals surface area contributed by atoms with Crippen molar-refractivity contribution < 1.29 is 28.6 Å². The second kappa shape index (κ2) is 9.38. The molecule has 0 atom stereocenters. The molecule has 0 unspecified atom stereocenters. The van der Waals surface area contributed by atoms with Crippen LogP contribution in [0.1, 0.15) is 15.9 Å². The van der Waals surface area contributed by atoms with Crippen molar-refractivity contribution in [2.45, 2.75) is 0 Å². The summed E-state index contributed by atoms with van der Waals surface area (Å²) >= 11 is 0. The Hall–Kier alpha value is -4.13. The van der Waals surface area contributed by atoms with Gasteiger partial charge in [-0.05, 0) is 48.0 Å². The zero-order valence-corrected chi connectivity index (χ0v) is 16.0. The van der Waals surface area contributed by atoms with E-state index in [-0.39, 0.29) is 17.2 Å². The maximum absolute atomic E-state index is 14.0. The van der Waals surface area contributed by atoms with E-state index in [1.807, 2.05) is 0 Å². The minimum atomic E-state index is -1.28. The zero-order chi connectivity index (χ0) is 21.5. The van der Waals surface area contributed by atoms with Crippen molar-refractivity contribution in [1.29, 1.82) is 0 Å². The number of nitrogens with one attached hydrogen (secondary N) is 1. The van der Waals surface area contributed by atoms with E-state index >= 15 is 0 Å². The lowest BCUT2D eigenvalue weighted by atomic mass is 10.1. The summed E-state index contributed by atoms with van der Waals surface area (Å²) in [4.78, 5) is 23.7. The van der Waals surface area contributed by atoms with Crippen molar-refractivity contribution in [1.82, 2.24) is 5.32 Å². The van der Waals surface area contributed by atoms with E-state index < -0.39 is 17.7 Å². The summed E-state index contributed by atoms with van der Waals surface area (Å²) in [6, 6.07) is 18.9. The van der Waals surface area contributed by atoms with Gasteiger partial charge in [-0.25, -0.2) is 9.18 Å². The van der Waals surface area contributed by atoms with Gasteiger partial charge in [-0.15, -0.1) is 0 Å². The van der Waals surface area contributed by atoms with Gasteiger partial charge in [0.1, 0.15) is 11.4 Å². The number of para-hydroxylation sites is 1. The third-order valence-electron chi connectivity index (χ3n) is 4.08. The second-order valence-corrected chi connectivity index (χ2v) is 6.13. The highest BCUT2D eigenvalue weighted by Gasteiger charge is 2.14. The maximum Gasteiger partial charge on any atom is 0.352 e. The standard InChI is InChI=1S/C23H18FNO5/c1-29-20-9-5-8-18(24)21(20)30-17-12-10-15(11-13-17)14-19(23(27)28)25-22(26)16-6-3-2-4-7-16/h2-14H,1H3,(H,25,26)(H,27,28)/b19-14-. The first-order chi connectivity index (χ1) is 14.5. The molecule has 0 aliphatic rings. The quantitative estimate of drug-likeness (QED) is 0.564.